The molecule has 0 aliphatic rings. The summed E-state index contributed by atoms with van der Waals surface area (Å²) in [5.74, 6) is 0.225. The van der Waals surface area contributed by atoms with Crippen molar-refractivity contribution in [2.75, 3.05) is 5.73 Å². The summed E-state index contributed by atoms with van der Waals surface area (Å²) in [6.45, 7) is 1.81. The zero-order chi connectivity index (χ0) is 10.1. The van der Waals surface area contributed by atoms with E-state index in [-0.39, 0.29) is 11.4 Å². The predicted molar refractivity (Wildman–Crippen MR) is 49.5 cm³/mol. The van der Waals surface area contributed by atoms with Crippen LogP contribution < -0.4 is 11.3 Å². The number of aromatic amines is 1. The van der Waals surface area contributed by atoms with Crippen LogP contribution in [0.25, 0.3) is 11.5 Å². The maximum atomic E-state index is 11.0. The van der Waals surface area contributed by atoms with E-state index in [1.165, 1.54) is 0 Å². The second-order valence-corrected chi connectivity index (χ2v) is 2.84. The number of aryl methyl sites for hydroxylation is 1. The largest absolute Gasteiger partial charge is 0.391 e. The Labute approximate surface area is 78.7 Å². The lowest BCUT2D eigenvalue weighted by atomic mass is 10.2. The molecule has 2 heterocycles. The van der Waals surface area contributed by atoms with E-state index in [0.717, 1.165) is 5.69 Å². The van der Waals surface area contributed by atoms with Crippen LogP contribution in [0.2, 0.25) is 0 Å². The van der Waals surface area contributed by atoms with Crippen LogP contribution in [0, 0.1) is 6.92 Å². The number of H-pyrrole nitrogens is 1. The first kappa shape index (κ1) is 8.49. The summed E-state index contributed by atoms with van der Waals surface area (Å²) in [6, 6.07) is 3.44. The molecule has 0 radical (unpaired) electrons. The van der Waals surface area contributed by atoms with Crippen molar-refractivity contribution in [3.8, 4) is 11.5 Å². The van der Waals surface area contributed by atoms with Gasteiger partial charge in [0.1, 0.15) is 11.4 Å². The summed E-state index contributed by atoms with van der Waals surface area (Å²) >= 11 is 0. The molecule has 14 heavy (non-hydrogen) atoms. The minimum Gasteiger partial charge on any atom is -0.391 e. The Kier molecular flexibility index (Phi) is 1.81. The Morgan fingerprint density at radius 3 is 2.71 bits per heavy atom. The summed E-state index contributed by atoms with van der Waals surface area (Å²) < 4.78 is 4.86. The van der Waals surface area contributed by atoms with Gasteiger partial charge >= 0.3 is 5.56 Å². The van der Waals surface area contributed by atoms with Crippen LogP contribution >= 0.6 is 0 Å². The molecule has 0 saturated heterocycles. The van der Waals surface area contributed by atoms with Gasteiger partial charge in [-0.25, -0.2) is 0 Å². The van der Waals surface area contributed by atoms with Crippen LogP contribution in [0.3, 0.4) is 0 Å². The van der Waals surface area contributed by atoms with Crippen molar-refractivity contribution in [3.63, 3.8) is 0 Å². The van der Waals surface area contributed by atoms with Crippen molar-refractivity contribution in [2.24, 2.45) is 0 Å². The number of nitrogens with two attached hydrogens (primary N) is 1. The Morgan fingerprint density at radius 1 is 1.43 bits per heavy atom. The van der Waals surface area contributed by atoms with Gasteiger partial charge in [0.2, 0.25) is 5.76 Å². The maximum Gasteiger partial charge on any atom is 0.303 e. The summed E-state index contributed by atoms with van der Waals surface area (Å²) in [4.78, 5) is 11.0. The number of anilines is 1. The highest BCUT2D eigenvalue weighted by atomic mass is 16.5. The van der Waals surface area contributed by atoms with Crippen LogP contribution in [0.5, 0.6) is 0 Å². The molecule has 0 aromatic carbocycles. The van der Waals surface area contributed by atoms with Crippen molar-refractivity contribution in [2.45, 2.75) is 6.92 Å². The van der Waals surface area contributed by atoms with Crippen molar-refractivity contribution in [1.29, 1.82) is 0 Å². The highest BCUT2D eigenvalue weighted by molar-refractivity contribution is 5.66. The summed E-state index contributed by atoms with van der Waals surface area (Å²) in [5.41, 5.74) is 6.25. The minimum absolute atomic E-state index is 0.0168. The molecular weight excluding hydrogens is 184 g/mol. The van der Waals surface area contributed by atoms with Crippen LogP contribution in [0.1, 0.15) is 5.69 Å². The lowest BCUT2D eigenvalue weighted by Crippen LogP contribution is -2.04. The molecule has 0 saturated carbocycles. The molecule has 2 aromatic rings. The van der Waals surface area contributed by atoms with Crippen molar-refractivity contribution < 1.29 is 4.52 Å². The molecule has 2 aromatic heterocycles. The summed E-state index contributed by atoms with van der Waals surface area (Å²) in [5, 5.41) is 9.79. The van der Waals surface area contributed by atoms with Gasteiger partial charge in [-0.15, -0.1) is 5.10 Å². The van der Waals surface area contributed by atoms with Gasteiger partial charge in [-0.1, -0.05) is 0 Å². The molecule has 0 spiro atoms. The first-order chi connectivity index (χ1) is 6.68. The fraction of sp³-hybridized carbons (Fsp3) is 0.125. The average molecular weight is 192 g/mol. The van der Waals surface area contributed by atoms with E-state index < -0.39 is 5.56 Å². The molecule has 0 aliphatic carbocycles. The molecule has 0 bridgehead atoms. The number of nitrogen functional groups attached to an aromatic ring is 1. The van der Waals surface area contributed by atoms with Crippen LogP contribution in [-0.4, -0.2) is 15.4 Å². The lowest BCUT2D eigenvalue weighted by Gasteiger charge is -1.94. The molecule has 6 nitrogen and oxygen atoms in total. The van der Waals surface area contributed by atoms with E-state index in [1.54, 1.807) is 12.1 Å². The van der Waals surface area contributed by atoms with E-state index in [0.29, 0.717) is 5.69 Å². The Hall–Kier alpha value is -2.11. The minimum atomic E-state index is -0.456. The number of aromatic nitrogens is 3. The average Bonchev–Trinajstić information content (AvgIpc) is 2.50. The van der Waals surface area contributed by atoms with Crippen LogP contribution in [0.4, 0.5) is 5.69 Å². The monoisotopic (exact) mass is 192 g/mol. The summed E-state index contributed by atoms with van der Waals surface area (Å²) in [7, 11) is 0. The number of rotatable bonds is 1. The quantitative estimate of drug-likeness (QED) is 0.677. The van der Waals surface area contributed by atoms with E-state index in [9.17, 15) is 4.79 Å². The van der Waals surface area contributed by atoms with Gasteiger partial charge in [0, 0.05) is 0 Å². The number of hydrogen-bond donors (Lipinski definition) is 2. The molecule has 6 heteroatoms. The zero-order valence-corrected chi connectivity index (χ0v) is 7.44. The third-order valence-electron chi connectivity index (χ3n) is 1.77. The van der Waals surface area contributed by atoms with Crippen molar-refractivity contribution >= 4 is 5.69 Å². The molecule has 0 unspecified atom stereocenters. The third kappa shape index (κ3) is 1.26. The number of nitrogens with one attached hydrogen (secondary N) is 1. The van der Waals surface area contributed by atoms with E-state index in [4.69, 9.17) is 10.3 Å². The first-order valence-electron chi connectivity index (χ1n) is 3.96. The van der Waals surface area contributed by atoms with Crippen LogP contribution in [0.15, 0.2) is 21.5 Å². The molecule has 0 aliphatic heterocycles. The van der Waals surface area contributed by atoms with Gasteiger partial charge in [0.05, 0.1) is 5.69 Å². The van der Waals surface area contributed by atoms with E-state index in [1.807, 2.05) is 6.92 Å². The Bertz CT molecular complexity index is 497. The van der Waals surface area contributed by atoms with Crippen molar-refractivity contribution in [1.82, 2.24) is 15.4 Å². The second kappa shape index (κ2) is 2.99. The molecular formula is C8H8N4O2. The summed E-state index contributed by atoms with van der Waals surface area (Å²) in [6.07, 6.45) is 0. The first-order valence-corrected chi connectivity index (χ1v) is 3.96. The van der Waals surface area contributed by atoms with Crippen LogP contribution in [-0.2, 0) is 0 Å². The zero-order valence-electron chi connectivity index (χ0n) is 7.44. The predicted octanol–water partition coefficient (Wildman–Crippen LogP) is 0.316. The smallest absolute Gasteiger partial charge is 0.303 e. The van der Waals surface area contributed by atoms with Crippen molar-refractivity contribution in [3.05, 3.63) is 28.2 Å². The lowest BCUT2D eigenvalue weighted by molar-refractivity contribution is 0.424. The van der Waals surface area contributed by atoms with Gasteiger partial charge in [0.25, 0.3) is 0 Å². The molecule has 72 valence electrons. The Balaban J connectivity index is 2.55. The topological polar surface area (TPSA) is 97.8 Å². The second-order valence-electron chi connectivity index (χ2n) is 2.84. The highest BCUT2D eigenvalue weighted by Crippen LogP contribution is 2.19. The Morgan fingerprint density at radius 2 is 2.21 bits per heavy atom. The van der Waals surface area contributed by atoms with Gasteiger partial charge in [-0.2, -0.15) is 10.3 Å². The standard InChI is InChI=1S/C8H8N4O2/c1-4-2-3-5(11-10-4)7-6(9)8(13)12-14-7/h2-3H,9H2,1H3,(H,12,13). The molecule has 0 fully saturated rings. The third-order valence-corrected chi connectivity index (χ3v) is 1.77. The molecule has 3 N–H and O–H groups in total. The van der Waals surface area contributed by atoms with Gasteiger partial charge < -0.3 is 10.3 Å². The van der Waals surface area contributed by atoms with Gasteiger partial charge in [-0.05, 0) is 19.1 Å². The van der Waals surface area contributed by atoms with Gasteiger partial charge in [-0.3, -0.25) is 4.79 Å². The van der Waals surface area contributed by atoms with Gasteiger partial charge in [0.15, 0.2) is 0 Å². The fourth-order valence-corrected chi connectivity index (χ4v) is 1.02. The molecule has 0 amide bonds. The van der Waals surface area contributed by atoms with E-state index >= 15 is 0 Å². The molecule has 0 atom stereocenters. The SMILES string of the molecule is Cc1ccc(-c2o[nH]c(=O)c2N)nn1. The number of nitrogens with zero attached hydrogens (tertiary/aromatic N) is 2. The normalized spacial score (nSPS) is 10.4. The maximum absolute atomic E-state index is 11.0. The van der Waals surface area contributed by atoms with E-state index in [2.05, 4.69) is 15.4 Å². The highest BCUT2D eigenvalue weighted by Gasteiger charge is 2.12. The molecule has 2 rings (SSSR count). The fourth-order valence-electron chi connectivity index (χ4n) is 1.02. The number of hydrogen-bond acceptors (Lipinski definition) is 5.